The maximum atomic E-state index is 12.9. The molecule has 174 valence electrons. The van der Waals surface area contributed by atoms with Gasteiger partial charge in [-0.15, -0.1) is 0 Å². The van der Waals surface area contributed by atoms with E-state index in [1.54, 1.807) is 30.9 Å². The minimum atomic E-state index is -0.248. The number of hydrogen-bond acceptors (Lipinski definition) is 6. The molecule has 0 radical (unpaired) electrons. The van der Waals surface area contributed by atoms with E-state index in [0.717, 1.165) is 54.5 Å². The van der Waals surface area contributed by atoms with E-state index >= 15 is 0 Å². The molecule has 0 saturated carbocycles. The Labute approximate surface area is 198 Å². The monoisotopic (exact) mass is 456 g/mol. The van der Waals surface area contributed by atoms with Crippen LogP contribution in [-0.2, 0) is 7.05 Å². The Hall–Kier alpha value is -3.78. The minimum Gasteiger partial charge on any atom is -0.474 e. The molecule has 1 saturated heterocycles. The molecule has 0 aliphatic carbocycles. The smallest absolute Gasteiger partial charge is 0.257 e. The molecule has 8 nitrogen and oxygen atoms in total. The van der Waals surface area contributed by atoms with Crippen LogP contribution in [0.4, 0.5) is 5.82 Å². The number of rotatable bonds is 6. The van der Waals surface area contributed by atoms with Crippen molar-refractivity contribution in [2.24, 2.45) is 7.05 Å². The van der Waals surface area contributed by atoms with Gasteiger partial charge in [-0.1, -0.05) is 19.1 Å². The normalized spacial score (nSPS) is 14.9. The number of benzene rings is 1. The number of nitrogens with zero attached hydrogens (tertiary/aromatic N) is 5. The predicted octanol–water partition coefficient (Wildman–Crippen LogP) is 4.15. The Balaban J connectivity index is 1.29. The van der Waals surface area contributed by atoms with E-state index < -0.39 is 0 Å². The lowest BCUT2D eigenvalue weighted by Crippen LogP contribution is -2.38. The lowest BCUT2D eigenvalue weighted by atomic mass is 10.1. The highest BCUT2D eigenvalue weighted by Crippen LogP contribution is 2.25. The molecule has 0 spiro atoms. The number of fused-ring (bicyclic) bond motifs is 1. The van der Waals surface area contributed by atoms with E-state index in [0.29, 0.717) is 17.3 Å². The first-order chi connectivity index (χ1) is 16.6. The molecule has 1 amide bonds. The highest BCUT2D eigenvalue weighted by atomic mass is 16.5. The van der Waals surface area contributed by atoms with Crippen LogP contribution < -0.4 is 10.1 Å². The van der Waals surface area contributed by atoms with E-state index in [-0.39, 0.29) is 12.0 Å². The van der Waals surface area contributed by atoms with Gasteiger partial charge in [-0.05, 0) is 43.0 Å². The molecule has 0 unspecified atom stereocenters. The molecule has 34 heavy (non-hydrogen) atoms. The van der Waals surface area contributed by atoms with Gasteiger partial charge in [0, 0.05) is 55.1 Å². The van der Waals surface area contributed by atoms with Gasteiger partial charge in [0.2, 0.25) is 5.88 Å². The molecule has 1 fully saturated rings. The van der Waals surface area contributed by atoms with Crippen LogP contribution >= 0.6 is 0 Å². The number of nitrogens with one attached hydrogen (secondary N) is 1. The van der Waals surface area contributed by atoms with E-state index in [1.165, 1.54) is 0 Å². The summed E-state index contributed by atoms with van der Waals surface area (Å²) in [6, 6.07) is 11.4. The van der Waals surface area contributed by atoms with Crippen LogP contribution in [0, 0.1) is 0 Å². The largest absolute Gasteiger partial charge is 0.474 e. The summed E-state index contributed by atoms with van der Waals surface area (Å²) in [5.41, 5.74) is 2.56. The number of carbonyl (C=O) groups excluding carboxylic acids is 1. The quantitative estimate of drug-likeness (QED) is 0.469. The van der Waals surface area contributed by atoms with Gasteiger partial charge in [-0.25, -0.2) is 15.0 Å². The third-order valence-electron chi connectivity index (χ3n) is 6.34. The fraction of sp³-hybridized carbons (Fsp3) is 0.308. The summed E-state index contributed by atoms with van der Waals surface area (Å²) >= 11 is 0. The van der Waals surface area contributed by atoms with Gasteiger partial charge < -0.3 is 19.5 Å². The van der Waals surface area contributed by atoms with E-state index in [1.807, 2.05) is 36.0 Å². The molecule has 1 aliphatic heterocycles. The van der Waals surface area contributed by atoms with Crippen molar-refractivity contribution in [3.8, 4) is 17.1 Å². The number of aryl methyl sites for hydroxylation is 1. The SMILES string of the molecule is CCN1CCC(Oc2cc(C(=O)Nc3cc4cc(-c5cncn5C)ccc4cn3)ccn2)CC1. The Bertz CT molecular complexity index is 1310. The fourth-order valence-corrected chi connectivity index (χ4v) is 4.32. The van der Waals surface area contributed by atoms with E-state index in [9.17, 15) is 4.79 Å². The van der Waals surface area contributed by atoms with Crippen LogP contribution in [0.25, 0.3) is 22.0 Å². The van der Waals surface area contributed by atoms with Gasteiger partial charge in [0.25, 0.3) is 5.91 Å². The number of imidazole rings is 1. The second kappa shape index (κ2) is 9.61. The molecule has 4 aromatic rings. The van der Waals surface area contributed by atoms with Crippen LogP contribution in [0.15, 0.2) is 61.3 Å². The third-order valence-corrected chi connectivity index (χ3v) is 6.34. The number of pyridine rings is 2. The first-order valence-corrected chi connectivity index (χ1v) is 11.6. The summed E-state index contributed by atoms with van der Waals surface area (Å²) in [6.45, 7) is 5.29. The Morgan fingerprint density at radius 1 is 1.09 bits per heavy atom. The lowest BCUT2D eigenvalue weighted by Gasteiger charge is -2.30. The Kier molecular flexibility index (Phi) is 6.22. The van der Waals surface area contributed by atoms with Crippen molar-refractivity contribution in [1.29, 1.82) is 0 Å². The molecule has 1 aromatic carbocycles. The van der Waals surface area contributed by atoms with Gasteiger partial charge in [-0.2, -0.15) is 0 Å². The zero-order valence-corrected chi connectivity index (χ0v) is 19.4. The molecule has 4 heterocycles. The van der Waals surface area contributed by atoms with Crippen molar-refractivity contribution in [3.63, 3.8) is 0 Å². The molecule has 8 heteroatoms. The average molecular weight is 457 g/mol. The summed E-state index contributed by atoms with van der Waals surface area (Å²) < 4.78 is 8.04. The number of carbonyl (C=O) groups is 1. The highest BCUT2D eigenvalue weighted by molar-refractivity contribution is 6.04. The topological polar surface area (TPSA) is 85.2 Å². The van der Waals surface area contributed by atoms with Crippen molar-refractivity contribution >= 4 is 22.5 Å². The number of aromatic nitrogens is 4. The first kappa shape index (κ1) is 22.0. The molecular weight excluding hydrogens is 428 g/mol. The second-order valence-corrected chi connectivity index (χ2v) is 8.61. The molecule has 0 atom stereocenters. The number of piperidine rings is 1. The van der Waals surface area contributed by atoms with Crippen LogP contribution in [0.2, 0.25) is 0 Å². The number of likely N-dealkylation sites (tertiary alicyclic amines) is 1. The van der Waals surface area contributed by atoms with Crippen LogP contribution in [0.1, 0.15) is 30.1 Å². The summed E-state index contributed by atoms with van der Waals surface area (Å²) in [7, 11) is 1.96. The molecule has 0 bridgehead atoms. The van der Waals surface area contributed by atoms with Crippen LogP contribution in [0.5, 0.6) is 5.88 Å². The molecule has 5 rings (SSSR count). The van der Waals surface area contributed by atoms with Gasteiger partial charge >= 0.3 is 0 Å². The van der Waals surface area contributed by atoms with E-state index in [4.69, 9.17) is 4.74 Å². The zero-order chi connectivity index (χ0) is 23.5. The number of hydrogen-bond donors (Lipinski definition) is 1. The summed E-state index contributed by atoms with van der Waals surface area (Å²) in [5, 5.41) is 4.89. The van der Waals surface area contributed by atoms with Crippen LogP contribution in [0.3, 0.4) is 0 Å². The summed E-state index contributed by atoms with van der Waals surface area (Å²) in [6.07, 6.45) is 9.05. The van der Waals surface area contributed by atoms with Crippen molar-refractivity contribution < 1.29 is 9.53 Å². The Morgan fingerprint density at radius 2 is 1.94 bits per heavy atom. The molecule has 1 N–H and O–H groups in total. The maximum Gasteiger partial charge on any atom is 0.257 e. The summed E-state index contributed by atoms with van der Waals surface area (Å²) in [4.78, 5) is 28.2. The lowest BCUT2D eigenvalue weighted by molar-refractivity contribution is 0.0982. The van der Waals surface area contributed by atoms with Crippen molar-refractivity contribution in [2.45, 2.75) is 25.9 Å². The fourth-order valence-electron chi connectivity index (χ4n) is 4.32. The zero-order valence-electron chi connectivity index (χ0n) is 19.4. The highest BCUT2D eigenvalue weighted by Gasteiger charge is 2.20. The molecular formula is C26H28N6O2. The molecule has 1 aliphatic rings. The second-order valence-electron chi connectivity index (χ2n) is 8.61. The Morgan fingerprint density at radius 3 is 2.71 bits per heavy atom. The standard InChI is InChI=1S/C26H28N6O2/c1-3-32-10-7-22(8-11-32)34-25-14-19(6-9-28-25)26(33)30-24-13-21-12-18(4-5-20(21)15-29-24)23-16-27-17-31(23)2/h4-6,9,12-17,22H,3,7-8,10-11H2,1-2H3,(H,29,30,33). The van der Waals surface area contributed by atoms with Gasteiger partial charge in [0.15, 0.2) is 0 Å². The number of ether oxygens (including phenoxy) is 1. The van der Waals surface area contributed by atoms with Crippen molar-refractivity contribution in [3.05, 3.63) is 66.9 Å². The van der Waals surface area contributed by atoms with Crippen molar-refractivity contribution in [2.75, 3.05) is 25.0 Å². The van der Waals surface area contributed by atoms with Gasteiger partial charge in [0.1, 0.15) is 11.9 Å². The van der Waals surface area contributed by atoms with Crippen LogP contribution in [-0.4, -0.2) is 56.1 Å². The van der Waals surface area contributed by atoms with Crippen molar-refractivity contribution in [1.82, 2.24) is 24.4 Å². The van der Waals surface area contributed by atoms with Gasteiger partial charge in [0.05, 0.1) is 18.2 Å². The minimum absolute atomic E-state index is 0.129. The first-order valence-electron chi connectivity index (χ1n) is 11.6. The predicted molar refractivity (Wildman–Crippen MR) is 132 cm³/mol. The summed E-state index contributed by atoms with van der Waals surface area (Å²) in [5.74, 6) is 0.725. The number of amides is 1. The van der Waals surface area contributed by atoms with Gasteiger partial charge in [-0.3, -0.25) is 4.79 Å². The number of anilines is 1. The molecule has 3 aromatic heterocycles. The average Bonchev–Trinajstić information content (AvgIpc) is 3.30. The van der Waals surface area contributed by atoms with E-state index in [2.05, 4.69) is 38.2 Å². The third kappa shape index (κ3) is 4.77. The maximum absolute atomic E-state index is 12.9.